The average Bonchev–Trinajstić information content (AvgIpc) is 2.53. The lowest BCUT2D eigenvalue weighted by Crippen LogP contribution is -2.07. The predicted molar refractivity (Wildman–Crippen MR) is 61.9 cm³/mol. The van der Waals surface area contributed by atoms with Crippen LogP contribution >= 0.6 is 11.6 Å². The molecule has 1 aliphatic carbocycles. The molecule has 0 aliphatic heterocycles. The number of rotatable bonds is 6. The number of allylic oxidation sites excluding steroid dienone is 2. The van der Waals surface area contributed by atoms with E-state index >= 15 is 0 Å². The van der Waals surface area contributed by atoms with Gasteiger partial charge in [0.05, 0.1) is 6.61 Å². The van der Waals surface area contributed by atoms with Gasteiger partial charge in [0, 0.05) is 24.3 Å². The number of ketones is 1. The van der Waals surface area contributed by atoms with Crippen LogP contribution in [-0.4, -0.2) is 18.3 Å². The minimum atomic E-state index is 0.117. The van der Waals surface area contributed by atoms with Crippen LogP contribution in [0.1, 0.15) is 33.1 Å². The Labute approximate surface area is 96.6 Å². The summed E-state index contributed by atoms with van der Waals surface area (Å²) >= 11 is 5.61. The van der Waals surface area contributed by atoms with Crippen molar-refractivity contribution in [3.8, 4) is 0 Å². The zero-order chi connectivity index (χ0) is 11.3. The number of hydrogen-bond donors (Lipinski definition) is 0. The predicted octanol–water partition coefficient (Wildman–Crippen LogP) is 3.15. The number of carbonyl (C=O) groups excluding carboxylic acids is 1. The topological polar surface area (TPSA) is 26.3 Å². The molecule has 0 saturated heterocycles. The number of halogens is 1. The van der Waals surface area contributed by atoms with E-state index in [2.05, 4.69) is 13.8 Å². The lowest BCUT2D eigenvalue weighted by atomic mass is 10.0. The van der Waals surface area contributed by atoms with Crippen LogP contribution in [0.15, 0.2) is 11.8 Å². The fourth-order valence-electron chi connectivity index (χ4n) is 1.62. The van der Waals surface area contributed by atoms with Gasteiger partial charge in [0.25, 0.3) is 0 Å². The number of ether oxygens (including phenoxy) is 1. The van der Waals surface area contributed by atoms with Crippen molar-refractivity contribution in [1.82, 2.24) is 0 Å². The van der Waals surface area contributed by atoms with Crippen LogP contribution in [0.25, 0.3) is 0 Å². The molecule has 1 unspecified atom stereocenters. The van der Waals surface area contributed by atoms with Crippen molar-refractivity contribution >= 4 is 17.4 Å². The van der Waals surface area contributed by atoms with Gasteiger partial charge in [-0.3, -0.25) is 4.79 Å². The Hall–Kier alpha value is -0.500. The molecule has 0 fully saturated rings. The molecule has 0 saturated carbocycles. The number of carbonyl (C=O) groups is 1. The molecule has 1 aliphatic rings. The maximum absolute atomic E-state index is 11.5. The van der Waals surface area contributed by atoms with Crippen molar-refractivity contribution in [2.24, 2.45) is 11.8 Å². The Morgan fingerprint density at radius 1 is 1.60 bits per heavy atom. The minimum absolute atomic E-state index is 0.117. The van der Waals surface area contributed by atoms with Crippen LogP contribution < -0.4 is 0 Å². The van der Waals surface area contributed by atoms with E-state index in [-0.39, 0.29) is 11.7 Å². The first-order valence-corrected chi connectivity index (χ1v) is 6.10. The maximum atomic E-state index is 11.5. The average molecular weight is 231 g/mol. The van der Waals surface area contributed by atoms with Crippen LogP contribution in [0, 0.1) is 11.8 Å². The van der Waals surface area contributed by atoms with E-state index in [1.54, 1.807) is 6.08 Å². The molecule has 1 atom stereocenters. The van der Waals surface area contributed by atoms with Crippen molar-refractivity contribution in [3.05, 3.63) is 11.8 Å². The molecule has 15 heavy (non-hydrogen) atoms. The van der Waals surface area contributed by atoms with Crippen molar-refractivity contribution < 1.29 is 9.53 Å². The molecular formula is C12H19ClO2. The van der Waals surface area contributed by atoms with Crippen LogP contribution in [0.4, 0.5) is 0 Å². The van der Waals surface area contributed by atoms with Gasteiger partial charge in [0.2, 0.25) is 0 Å². The van der Waals surface area contributed by atoms with E-state index in [0.717, 1.165) is 25.0 Å². The second-order valence-electron chi connectivity index (χ2n) is 4.45. The SMILES string of the molecule is CC(C)COC1=CC(=O)C(CCCCl)C1. The van der Waals surface area contributed by atoms with E-state index in [9.17, 15) is 4.79 Å². The molecule has 3 heteroatoms. The summed E-state index contributed by atoms with van der Waals surface area (Å²) in [7, 11) is 0. The summed E-state index contributed by atoms with van der Waals surface area (Å²) in [6, 6.07) is 0. The monoisotopic (exact) mass is 230 g/mol. The highest BCUT2D eigenvalue weighted by molar-refractivity contribution is 6.17. The first kappa shape index (κ1) is 12.6. The van der Waals surface area contributed by atoms with Crippen LogP contribution in [0.5, 0.6) is 0 Å². The molecule has 0 heterocycles. The van der Waals surface area contributed by atoms with Gasteiger partial charge in [-0.05, 0) is 18.8 Å². The fourth-order valence-corrected chi connectivity index (χ4v) is 1.78. The molecule has 2 nitrogen and oxygen atoms in total. The normalized spacial score (nSPS) is 20.9. The Bertz CT molecular complexity index is 246. The first-order valence-electron chi connectivity index (χ1n) is 5.56. The highest BCUT2D eigenvalue weighted by atomic mass is 35.5. The summed E-state index contributed by atoms with van der Waals surface area (Å²) < 4.78 is 5.55. The van der Waals surface area contributed by atoms with Crippen LogP contribution in [-0.2, 0) is 9.53 Å². The van der Waals surface area contributed by atoms with E-state index in [0.29, 0.717) is 18.4 Å². The van der Waals surface area contributed by atoms with Crippen LogP contribution in [0.2, 0.25) is 0 Å². The molecular weight excluding hydrogens is 212 g/mol. The zero-order valence-corrected chi connectivity index (χ0v) is 10.2. The second-order valence-corrected chi connectivity index (χ2v) is 4.83. The van der Waals surface area contributed by atoms with E-state index < -0.39 is 0 Å². The van der Waals surface area contributed by atoms with Gasteiger partial charge >= 0.3 is 0 Å². The number of hydrogen-bond acceptors (Lipinski definition) is 2. The molecule has 0 amide bonds. The van der Waals surface area contributed by atoms with Crippen molar-refractivity contribution in [2.45, 2.75) is 33.1 Å². The second kappa shape index (κ2) is 6.16. The molecule has 0 aromatic rings. The van der Waals surface area contributed by atoms with E-state index in [4.69, 9.17) is 16.3 Å². The first-order chi connectivity index (χ1) is 7.13. The third kappa shape index (κ3) is 4.25. The molecule has 0 aromatic carbocycles. The van der Waals surface area contributed by atoms with E-state index in [1.165, 1.54) is 0 Å². The molecule has 0 bridgehead atoms. The lowest BCUT2D eigenvalue weighted by Gasteiger charge is -2.10. The Balaban J connectivity index is 2.32. The maximum Gasteiger partial charge on any atom is 0.162 e. The fraction of sp³-hybridized carbons (Fsp3) is 0.750. The molecule has 0 N–H and O–H groups in total. The quantitative estimate of drug-likeness (QED) is 0.656. The van der Waals surface area contributed by atoms with Gasteiger partial charge in [-0.25, -0.2) is 0 Å². The summed E-state index contributed by atoms with van der Waals surface area (Å²) in [5, 5.41) is 0. The number of alkyl halides is 1. The Kier molecular flexibility index (Phi) is 5.16. The molecule has 0 aromatic heterocycles. The Morgan fingerprint density at radius 3 is 2.93 bits per heavy atom. The Morgan fingerprint density at radius 2 is 2.33 bits per heavy atom. The van der Waals surface area contributed by atoms with Crippen LogP contribution in [0.3, 0.4) is 0 Å². The molecule has 86 valence electrons. The standard InChI is InChI=1S/C12H19ClO2/c1-9(2)8-15-11-6-10(4-3-5-13)12(14)7-11/h7,9-10H,3-6,8H2,1-2H3. The van der Waals surface area contributed by atoms with Gasteiger partial charge in [0.15, 0.2) is 5.78 Å². The summed E-state index contributed by atoms with van der Waals surface area (Å²) in [5.41, 5.74) is 0. The third-order valence-corrected chi connectivity index (χ3v) is 2.71. The summed E-state index contributed by atoms with van der Waals surface area (Å²) in [5.74, 6) is 2.31. The molecule has 0 radical (unpaired) electrons. The lowest BCUT2D eigenvalue weighted by molar-refractivity contribution is -0.117. The molecule has 0 spiro atoms. The summed E-state index contributed by atoms with van der Waals surface area (Å²) in [4.78, 5) is 11.5. The third-order valence-electron chi connectivity index (χ3n) is 2.44. The van der Waals surface area contributed by atoms with Gasteiger partial charge < -0.3 is 4.74 Å². The highest BCUT2D eigenvalue weighted by Gasteiger charge is 2.25. The zero-order valence-electron chi connectivity index (χ0n) is 9.46. The smallest absolute Gasteiger partial charge is 0.162 e. The van der Waals surface area contributed by atoms with E-state index in [1.807, 2.05) is 0 Å². The van der Waals surface area contributed by atoms with Gasteiger partial charge in [-0.15, -0.1) is 11.6 Å². The van der Waals surface area contributed by atoms with Crippen molar-refractivity contribution in [1.29, 1.82) is 0 Å². The van der Waals surface area contributed by atoms with Crippen molar-refractivity contribution in [2.75, 3.05) is 12.5 Å². The molecule has 1 rings (SSSR count). The van der Waals surface area contributed by atoms with Gasteiger partial charge in [-0.1, -0.05) is 13.8 Å². The van der Waals surface area contributed by atoms with Gasteiger partial charge in [0.1, 0.15) is 5.76 Å². The minimum Gasteiger partial charge on any atom is -0.498 e. The highest BCUT2D eigenvalue weighted by Crippen LogP contribution is 2.27. The van der Waals surface area contributed by atoms with Crippen molar-refractivity contribution in [3.63, 3.8) is 0 Å². The van der Waals surface area contributed by atoms with Gasteiger partial charge in [-0.2, -0.15) is 0 Å². The summed E-state index contributed by atoms with van der Waals surface area (Å²) in [6.07, 6.45) is 4.21. The summed E-state index contributed by atoms with van der Waals surface area (Å²) in [6.45, 7) is 4.89. The largest absolute Gasteiger partial charge is 0.498 e.